The summed E-state index contributed by atoms with van der Waals surface area (Å²) in [4.78, 5) is 0. The molecular weight excluding hydrogens is 250 g/mol. The smallest absolute Gasteiger partial charge is 0.211 e. The summed E-state index contributed by atoms with van der Waals surface area (Å²) in [5.74, 6) is 0. The Balaban J connectivity index is 2.87. The molecule has 0 aliphatic heterocycles. The third kappa shape index (κ3) is 4.52. The zero-order chi connectivity index (χ0) is 14.4. The summed E-state index contributed by atoms with van der Waals surface area (Å²) in [6.45, 7) is 12.2. The van der Waals surface area contributed by atoms with Crippen molar-refractivity contribution in [2.45, 2.75) is 71.1 Å². The highest BCUT2D eigenvalue weighted by Gasteiger charge is 2.50. The summed E-state index contributed by atoms with van der Waals surface area (Å²) >= 11 is 0. The third-order valence-electron chi connectivity index (χ3n) is 2.91. The fraction of sp³-hybridized carbons (Fsp3) is 1.00. The van der Waals surface area contributed by atoms with Crippen LogP contribution in [0.5, 0.6) is 0 Å². The lowest BCUT2D eigenvalue weighted by Crippen LogP contribution is -2.50. The van der Waals surface area contributed by atoms with Crippen molar-refractivity contribution in [2.24, 2.45) is 0 Å². The SMILES string of the molecule is CC(C)(C)OC1(CN(C(C)(C)C)S(C)(=O)=O)CC1. The third-order valence-corrected chi connectivity index (χ3v) is 4.39. The molecule has 1 aliphatic rings. The van der Waals surface area contributed by atoms with Crippen molar-refractivity contribution in [3.63, 3.8) is 0 Å². The number of nitrogens with zero attached hydrogens (tertiary/aromatic N) is 1. The average Bonchev–Trinajstić information content (AvgIpc) is 2.74. The molecule has 108 valence electrons. The van der Waals surface area contributed by atoms with E-state index < -0.39 is 15.6 Å². The quantitative estimate of drug-likeness (QED) is 0.792. The maximum Gasteiger partial charge on any atom is 0.211 e. The summed E-state index contributed by atoms with van der Waals surface area (Å²) < 4.78 is 31.4. The van der Waals surface area contributed by atoms with Crippen LogP contribution in [0.25, 0.3) is 0 Å². The van der Waals surface area contributed by atoms with Crippen molar-refractivity contribution < 1.29 is 13.2 Å². The first-order valence-electron chi connectivity index (χ1n) is 6.43. The molecule has 18 heavy (non-hydrogen) atoms. The molecule has 5 heteroatoms. The molecule has 1 fully saturated rings. The topological polar surface area (TPSA) is 46.6 Å². The van der Waals surface area contributed by atoms with Crippen LogP contribution in [-0.2, 0) is 14.8 Å². The van der Waals surface area contributed by atoms with Crippen LogP contribution in [0, 0.1) is 0 Å². The van der Waals surface area contributed by atoms with Crippen LogP contribution in [0.15, 0.2) is 0 Å². The summed E-state index contributed by atoms with van der Waals surface area (Å²) in [7, 11) is -3.22. The lowest BCUT2D eigenvalue weighted by Gasteiger charge is -2.38. The van der Waals surface area contributed by atoms with Gasteiger partial charge in [-0.15, -0.1) is 0 Å². The molecule has 0 saturated heterocycles. The highest BCUT2D eigenvalue weighted by molar-refractivity contribution is 7.88. The second-order valence-corrected chi connectivity index (χ2v) is 9.24. The predicted octanol–water partition coefficient (Wildman–Crippen LogP) is 2.39. The molecule has 0 radical (unpaired) electrons. The van der Waals surface area contributed by atoms with Gasteiger partial charge in [-0.2, -0.15) is 4.31 Å². The molecule has 0 unspecified atom stereocenters. The van der Waals surface area contributed by atoms with Gasteiger partial charge in [-0.05, 0) is 54.4 Å². The largest absolute Gasteiger partial charge is 0.368 e. The Hall–Kier alpha value is -0.130. The van der Waals surface area contributed by atoms with Crippen molar-refractivity contribution in [3.05, 3.63) is 0 Å². The Morgan fingerprint density at radius 1 is 1.11 bits per heavy atom. The van der Waals surface area contributed by atoms with Gasteiger partial charge in [0.15, 0.2) is 0 Å². The van der Waals surface area contributed by atoms with Crippen LogP contribution in [0.4, 0.5) is 0 Å². The van der Waals surface area contributed by atoms with Crippen molar-refractivity contribution in [1.82, 2.24) is 4.31 Å². The van der Waals surface area contributed by atoms with E-state index in [0.29, 0.717) is 6.54 Å². The van der Waals surface area contributed by atoms with Gasteiger partial charge in [0.1, 0.15) is 0 Å². The van der Waals surface area contributed by atoms with Crippen LogP contribution < -0.4 is 0 Å². The van der Waals surface area contributed by atoms with Gasteiger partial charge in [-0.25, -0.2) is 8.42 Å². The van der Waals surface area contributed by atoms with E-state index in [0.717, 1.165) is 12.8 Å². The molecule has 0 amide bonds. The summed E-state index contributed by atoms with van der Waals surface area (Å²) in [5.41, 5.74) is -0.934. The predicted molar refractivity (Wildman–Crippen MR) is 74.1 cm³/mol. The van der Waals surface area contributed by atoms with E-state index in [2.05, 4.69) is 0 Å². The molecule has 0 N–H and O–H groups in total. The van der Waals surface area contributed by atoms with Crippen molar-refractivity contribution in [1.29, 1.82) is 0 Å². The molecule has 0 aromatic carbocycles. The van der Waals surface area contributed by atoms with Gasteiger partial charge in [0.05, 0.1) is 17.5 Å². The standard InChI is InChI=1S/C13H27NO3S/c1-11(2,3)14(18(7,15)16)10-13(8-9-13)17-12(4,5)6/h8-10H2,1-7H3. The molecule has 4 nitrogen and oxygen atoms in total. The Morgan fingerprint density at radius 3 is 1.78 bits per heavy atom. The first-order valence-corrected chi connectivity index (χ1v) is 8.28. The molecule has 0 atom stereocenters. The minimum atomic E-state index is -3.22. The van der Waals surface area contributed by atoms with Gasteiger partial charge in [0.25, 0.3) is 0 Å². The molecule has 1 saturated carbocycles. The van der Waals surface area contributed by atoms with E-state index in [1.54, 1.807) is 4.31 Å². The molecule has 0 bridgehead atoms. The van der Waals surface area contributed by atoms with Crippen LogP contribution in [0.2, 0.25) is 0 Å². The maximum atomic E-state index is 11.9. The highest BCUT2D eigenvalue weighted by Crippen LogP contribution is 2.44. The Kier molecular flexibility index (Phi) is 3.94. The van der Waals surface area contributed by atoms with E-state index in [9.17, 15) is 8.42 Å². The first kappa shape index (κ1) is 15.9. The number of sulfonamides is 1. The van der Waals surface area contributed by atoms with Gasteiger partial charge < -0.3 is 4.74 Å². The van der Waals surface area contributed by atoms with E-state index in [1.165, 1.54) is 6.26 Å². The molecule has 1 rings (SSSR count). The second kappa shape index (κ2) is 4.46. The zero-order valence-corrected chi connectivity index (χ0v) is 13.5. The Morgan fingerprint density at radius 2 is 1.56 bits per heavy atom. The average molecular weight is 277 g/mol. The molecule has 0 spiro atoms. The summed E-state index contributed by atoms with van der Waals surface area (Å²) in [6.07, 6.45) is 3.14. The van der Waals surface area contributed by atoms with Crippen molar-refractivity contribution >= 4 is 10.0 Å². The molecule has 0 aromatic rings. The summed E-state index contributed by atoms with van der Waals surface area (Å²) in [6, 6.07) is 0. The number of hydrogen-bond acceptors (Lipinski definition) is 3. The van der Waals surface area contributed by atoms with Gasteiger partial charge in [0.2, 0.25) is 10.0 Å². The van der Waals surface area contributed by atoms with E-state index >= 15 is 0 Å². The van der Waals surface area contributed by atoms with Crippen LogP contribution >= 0.6 is 0 Å². The molecule has 0 heterocycles. The fourth-order valence-electron chi connectivity index (χ4n) is 2.20. The van der Waals surface area contributed by atoms with Gasteiger partial charge in [-0.1, -0.05) is 0 Å². The Bertz CT molecular complexity index is 397. The molecule has 0 aromatic heterocycles. The number of rotatable bonds is 4. The monoisotopic (exact) mass is 277 g/mol. The van der Waals surface area contributed by atoms with E-state index in [4.69, 9.17) is 4.74 Å². The minimum Gasteiger partial charge on any atom is -0.368 e. The van der Waals surface area contributed by atoms with Crippen LogP contribution in [0.3, 0.4) is 0 Å². The molecule has 1 aliphatic carbocycles. The van der Waals surface area contributed by atoms with Crippen molar-refractivity contribution in [2.75, 3.05) is 12.8 Å². The molecular formula is C13H27NO3S. The normalized spacial score (nSPS) is 20.2. The zero-order valence-electron chi connectivity index (χ0n) is 12.7. The first-order chi connectivity index (χ1) is 7.75. The highest BCUT2D eigenvalue weighted by atomic mass is 32.2. The van der Waals surface area contributed by atoms with Crippen molar-refractivity contribution in [3.8, 4) is 0 Å². The lowest BCUT2D eigenvalue weighted by molar-refractivity contribution is -0.0859. The maximum absolute atomic E-state index is 11.9. The van der Waals surface area contributed by atoms with Gasteiger partial charge in [0, 0.05) is 12.1 Å². The Labute approximate surface area is 112 Å². The summed E-state index contributed by atoms with van der Waals surface area (Å²) in [5, 5.41) is 0. The fourth-order valence-corrected chi connectivity index (χ4v) is 3.66. The second-order valence-electron chi connectivity index (χ2n) is 7.34. The van der Waals surface area contributed by atoms with E-state index in [-0.39, 0.29) is 11.2 Å². The van der Waals surface area contributed by atoms with E-state index in [1.807, 2.05) is 41.5 Å². The number of ether oxygens (including phenoxy) is 1. The van der Waals surface area contributed by atoms with Gasteiger partial charge in [-0.3, -0.25) is 0 Å². The van der Waals surface area contributed by atoms with Crippen LogP contribution in [-0.4, -0.2) is 42.3 Å². The van der Waals surface area contributed by atoms with Gasteiger partial charge >= 0.3 is 0 Å². The lowest BCUT2D eigenvalue weighted by atomic mass is 10.1. The van der Waals surface area contributed by atoms with Crippen LogP contribution in [0.1, 0.15) is 54.4 Å². The minimum absolute atomic E-state index is 0.239. The number of hydrogen-bond donors (Lipinski definition) is 0.